The van der Waals surface area contributed by atoms with Crippen LogP contribution in [0.4, 0.5) is 4.39 Å². The summed E-state index contributed by atoms with van der Waals surface area (Å²) in [6, 6.07) is 9.67. The van der Waals surface area contributed by atoms with Crippen LogP contribution in [0.5, 0.6) is 0 Å². The number of rotatable bonds is 1. The molecule has 1 aromatic rings. The van der Waals surface area contributed by atoms with Crippen molar-refractivity contribution in [2.75, 3.05) is 0 Å². The van der Waals surface area contributed by atoms with Crippen molar-refractivity contribution >= 4 is 5.57 Å². The smallest absolute Gasteiger partial charge is 0.145 e. The second kappa shape index (κ2) is 7.00. The largest absolute Gasteiger partial charge is 0.393 e. The number of benzene rings is 1. The Balaban J connectivity index is 1.53. The lowest BCUT2D eigenvalue weighted by atomic mass is 9.57. The molecule has 4 nitrogen and oxygen atoms in total. The number of alkyl halides is 1. The first kappa shape index (κ1) is 20.9. The van der Waals surface area contributed by atoms with Gasteiger partial charge in [-0.3, -0.25) is 0 Å². The van der Waals surface area contributed by atoms with Crippen molar-refractivity contribution in [2.24, 2.45) is 17.3 Å². The van der Waals surface area contributed by atoms with Gasteiger partial charge in [0.2, 0.25) is 0 Å². The number of allylic oxidation sites excluding steroid dienone is 3. The fourth-order valence-electron chi connectivity index (χ4n) is 7.06. The van der Waals surface area contributed by atoms with Crippen LogP contribution in [0.3, 0.4) is 0 Å². The number of aliphatic hydroxyl groups excluding tert-OH is 2. The summed E-state index contributed by atoms with van der Waals surface area (Å²) >= 11 is 0. The molecule has 0 spiro atoms. The Labute approximate surface area is 182 Å². The number of hydrogen-bond acceptors (Lipinski definition) is 4. The molecule has 0 heterocycles. The molecule has 2 fully saturated rings. The highest BCUT2D eigenvalue weighted by molar-refractivity contribution is 5.74. The fraction of sp³-hybridized carbons (Fsp3) is 0.577. The van der Waals surface area contributed by atoms with Gasteiger partial charge in [0.1, 0.15) is 11.8 Å². The topological polar surface area (TPSA) is 84.5 Å². The quantitative estimate of drug-likeness (QED) is 0.595. The van der Waals surface area contributed by atoms with Gasteiger partial charge in [-0.25, -0.2) is 4.39 Å². The Bertz CT molecular complexity index is 995. The maximum absolute atomic E-state index is 16.1. The maximum Gasteiger partial charge on any atom is 0.145 e. The molecule has 0 saturated heterocycles. The van der Waals surface area contributed by atoms with E-state index in [4.69, 9.17) is 5.26 Å². The average molecular weight is 424 g/mol. The van der Waals surface area contributed by atoms with E-state index in [9.17, 15) is 15.3 Å². The molecular formula is C26H30FNO3. The minimum atomic E-state index is -1.89. The van der Waals surface area contributed by atoms with Crippen LogP contribution in [0.2, 0.25) is 0 Å². The average Bonchev–Trinajstić information content (AvgIpc) is 3.07. The summed E-state index contributed by atoms with van der Waals surface area (Å²) in [7, 11) is 0. The summed E-state index contributed by atoms with van der Waals surface area (Å²) in [6.07, 6.45) is 5.14. The molecule has 1 aromatic carbocycles. The molecule has 0 radical (unpaired) electrons. The molecule has 5 rings (SSSR count). The zero-order valence-corrected chi connectivity index (χ0v) is 17.9. The molecule has 0 aromatic heterocycles. The van der Waals surface area contributed by atoms with E-state index in [1.165, 1.54) is 0 Å². The minimum Gasteiger partial charge on any atom is -0.393 e. The highest BCUT2D eigenvalue weighted by atomic mass is 19.1. The van der Waals surface area contributed by atoms with E-state index in [1.807, 2.05) is 30.3 Å². The van der Waals surface area contributed by atoms with Crippen molar-refractivity contribution in [3.05, 3.63) is 53.1 Å². The molecule has 3 N–H and O–H groups in total. The molecule has 164 valence electrons. The van der Waals surface area contributed by atoms with Crippen molar-refractivity contribution in [3.8, 4) is 6.07 Å². The number of nitriles is 1. The molecule has 0 aliphatic heterocycles. The highest BCUT2D eigenvalue weighted by Gasteiger charge is 2.62. The Morgan fingerprint density at radius 3 is 2.55 bits per heavy atom. The lowest BCUT2D eigenvalue weighted by molar-refractivity contribution is -0.0963. The van der Waals surface area contributed by atoms with E-state index in [0.29, 0.717) is 49.7 Å². The Morgan fingerprint density at radius 2 is 1.84 bits per heavy atom. The Kier molecular flexibility index (Phi) is 4.71. The number of hydrogen-bond donors (Lipinski definition) is 3. The standard InChI is InChI=1S/C26H30FNO3/c1-24-12-11-21-23(30)25(27)14-19(29)7-6-18(25)10-13-26(21,31)22(24)9-8-20(24)17-4-2-16(15-28)3-5-17/h2-5,8,11,18-19,22-23,29-31H,6-7,9-10,12-14H2,1H3/t18?,19?,22?,23?,24?,25?,26-/m1/s1. The zero-order valence-electron chi connectivity index (χ0n) is 17.9. The van der Waals surface area contributed by atoms with Crippen LogP contribution in [-0.2, 0) is 0 Å². The SMILES string of the molecule is CC12CC=C3C(O)C4(F)CC(O)CCC4CC[C@]3(O)C1CC=C2c1ccc(C#N)cc1. The fourth-order valence-corrected chi connectivity index (χ4v) is 7.06. The van der Waals surface area contributed by atoms with Crippen LogP contribution >= 0.6 is 0 Å². The molecule has 4 aliphatic carbocycles. The van der Waals surface area contributed by atoms with Crippen molar-refractivity contribution in [3.63, 3.8) is 0 Å². The minimum absolute atomic E-state index is 0.0665. The third-order valence-electron chi connectivity index (χ3n) is 8.79. The third-order valence-corrected chi connectivity index (χ3v) is 8.79. The molecule has 2 saturated carbocycles. The molecule has 0 amide bonds. The predicted molar refractivity (Wildman–Crippen MR) is 115 cm³/mol. The van der Waals surface area contributed by atoms with Crippen LogP contribution in [0.1, 0.15) is 63.0 Å². The Morgan fingerprint density at radius 1 is 1.10 bits per heavy atom. The highest BCUT2D eigenvalue weighted by Crippen LogP contribution is 2.63. The number of fused-ring (bicyclic) bond motifs is 4. The van der Waals surface area contributed by atoms with Crippen molar-refractivity contribution in [1.29, 1.82) is 5.26 Å². The van der Waals surface area contributed by atoms with Gasteiger partial charge in [0, 0.05) is 17.8 Å². The number of halogens is 1. The summed E-state index contributed by atoms with van der Waals surface area (Å²) in [5.74, 6) is -0.492. The van der Waals surface area contributed by atoms with Crippen LogP contribution < -0.4 is 0 Å². The first-order valence-electron chi connectivity index (χ1n) is 11.4. The number of nitrogens with zero attached hydrogens (tertiary/aromatic N) is 1. The van der Waals surface area contributed by atoms with Gasteiger partial charge >= 0.3 is 0 Å². The summed E-state index contributed by atoms with van der Waals surface area (Å²) in [4.78, 5) is 0. The maximum atomic E-state index is 16.1. The van der Waals surface area contributed by atoms with Crippen molar-refractivity contribution in [1.82, 2.24) is 0 Å². The second-order valence-corrected chi connectivity index (χ2v) is 10.3. The van der Waals surface area contributed by atoms with E-state index < -0.39 is 23.5 Å². The van der Waals surface area contributed by atoms with Gasteiger partial charge < -0.3 is 15.3 Å². The first-order chi connectivity index (χ1) is 14.7. The second-order valence-electron chi connectivity index (χ2n) is 10.3. The molecule has 5 heteroatoms. The van der Waals surface area contributed by atoms with Crippen LogP contribution in [-0.4, -0.2) is 38.8 Å². The monoisotopic (exact) mass is 423 g/mol. The summed E-state index contributed by atoms with van der Waals surface area (Å²) in [6.45, 7) is 2.15. The van der Waals surface area contributed by atoms with Crippen LogP contribution in [0, 0.1) is 28.6 Å². The van der Waals surface area contributed by atoms with Gasteiger partial charge in [-0.1, -0.05) is 31.2 Å². The summed E-state index contributed by atoms with van der Waals surface area (Å²) in [5.41, 5.74) is -0.265. The van der Waals surface area contributed by atoms with Gasteiger partial charge in [0.15, 0.2) is 0 Å². The van der Waals surface area contributed by atoms with E-state index >= 15 is 4.39 Å². The first-order valence-corrected chi connectivity index (χ1v) is 11.4. The summed E-state index contributed by atoms with van der Waals surface area (Å²) < 4.78 is 16.1. The molecule has 0 bridgehead atoms. The third kappa shape index (κ3) is 2.88. The zero-order chi connectivity index (χ0) is 22.0. The van der Waals surface area contributed by atoms with Crippen LogP contribution in [0.15, 0.2) is 42.0 Å². The van der Waals surface area contributed by atoms with Crippen LogP contribution in [0.25, 0.3) is 5.57 Å². The Hall–Kier alpha value is -2.00. The molecule has 4 aliphatic rings. The molecule has 7 atom stereocenters. The normalized spacial score (nSPS) is 44.1. The molecule has 31 heavy (non-hydrogen) atoms. The van der Waals surface area contributed by atoms with Crippen molar-refractivity contribution < 1.29 is 19.7 Å². The van der Waals surface area contributed by atoms with Gasteiger partial charge in [0.25, 0.3) is 0 Å². The van der Waals surface area contributed by atoms with Crippen molar-refractivity contribution in [2.45, 2.75) is 75.3 Å². The van der Waals surface area contributed by atoms with E-state index in [2.05, 4.69) is 19.1 Å². The van der Waals surface area contributed by atoms with Gasteiger partial charge in [-0.05, 0) is 73.3 Å². The molecular weight excluding hydrogens is 393 g/mol. The summed E-state index contributed by atoms with van der Waals surface area (Å²) in [5, 5.41) is 42.4. The number of aliphatic hydroxyl groups is 3. The van der Waals surface area contributed by atoms with E-state index in [-0.39, 0.29) is 23.7 Å². The molecule has 6 unspecified atom stereocenters. The van der Waals surface area contributed by atoms with E-state index in [1.54, 1.807) is 0 Å². The van der Waals surface area contributed by atoms with Gasteiger partial charge in [0.05, 0.1) is 23.3 Å². The van der Waals surface area contributed by atoms with Gasteiger partial charge in [-0.2, -0.15) is 5.26 Å². The predicted octanol–water partition coefficient (Wildman–Crippen LogP) is 4.05. The lowest BCUT2D eigenvalue weighted by Crippen LogP contribution is -2.55. The lowest BCUT2D eigenvalue weighted by Gasteiger charge is -2.50. The van der Waals surface area contributed by atoms with Gasteiger partial charge in [-0.15, -0.1) is 0 Å². The van der Waals surface area contributed by atoms with E-state index in [0.717, 1.165) is 11.1 Å².